The minimum Gasteiger partial charge on any atom is -0.383 e. The quantitative estimate of drug-likeness (QED) is 0.835. The summed E-state index contributed by atoms with van der Waals surface area (Å²) in [5.74, 6) is -0.180. The normalized spacial score (nSPS) is 17.1. The molecule has 1 aliphatic rings. The molecule has 6 heteroatoms. The fourth-order valence-electron chi connectivity index (χ4n) is 2.40. The van der Waals surface area contributed by atoms with Crippen LogP contribution in [-0.2, 0) is 16.1 Å². The highest BCUT2D eigenvalue weighted by atomic mass is 35.5. The first-order valence-corrected chi connectivity index (χ1v) is 7.41. The molecule has 0 N–H and O–H groups in total. The molecule has 0 aromatic heterocycles. The van der Waals surface area contributed by atoms with E-state index < -0.39 is 0 Å². The molecule has 0 unspecified atom stereocenters. The summed E-state index contributed by atoms with van der Waals surface area (Å²) in [5, 5.41) is 0.432. The standard InChI is InChI=1S/C15H20ClFN2O2/c1-21-9-8-19-7-6-18(5-4-15(19)20)11-12-2-3-13(17)10-14(12)16/h2-3,10H,4-9,11H2,1H3. The lowest BCUT2D eigenvalue weighted by Crippen LogP contribution is -2.35. The van der Waals surface area contributed by atoms with Gasteiger partial charge in [0.1, 0.15) is 5.82 Å². The maximum Gasteiger partial charge on any atom is 0.223 e. The Bertz CT molecular complexity index is 499. The first-order valence-electron chi connectivity index (χ1n) is 7.03. The van der Waals surface area contributed by atoms with E-state index in [1.807, 2.05) is 4.90 Å². The molecule has 1 amide bonds. The fourth-order valence-corrected chi connectivity index (χ4v) is 2.62. The van der Waals surface area contributed by atoms with Crippen LogP contribution in [0.1, 0.15) is 12.0 Å². The second kappa shape index (κ2) is 7.73. The van der Waals surface area contributed by atoms with Gasteiger partial charge < -0.3 is 9.64 Å². The average Bonchev–Trinajstić information content (AvgIpc) is 2.62. The lowest BCUT2D eigenvalue weighted by Gasteiger charge is -2.22. The van der Waals surface area contributed by atoms with Crippen LogP contribution in [0.2, 0.25) is 5.02 Å². The summed E-state index contributed by atoms with van der Waals surface area (Å²) in [6.45, 7) is 3.96. The molecular weight excluding hydrogens is 295 g/mol. The van der Waals surface area contributed by atoms with Crippen molar-refractivity contribution in [2.24, 2.45) is 0 Å². The summed E-state index contributed by atoms with van der Waals surface area (Å²) in [5.41, 5.74) is 0.885. The smallest absolute Gasteiger partial charge is 0.223 e. The zero-order chi connectivity index (χ0) is 15.2. The molecule has 1 aromatic rings. The van der Waals surface area contributed by atoms with Gasteiger partial charge in [-0.25, -0.2) is 4.39 Å². The third-order valence-corrected chi connectivity index (χ3v) is 4.01. The van der Waals surface area contributed by atoms with Crippen LogP contribution in [0, 0.1) is 5.82 Å². The predicted octanol–water partition coefficient (Wildman–Crippen LogP) is 2.16. The van der Waals surface area contributed by atoms with Crippen LogP contribution >= 0.6 is 11.6 Å². The van der Waals surface area contributed by atoms with Gasteiger partial charge in [0.2, 0.25) is 5.91 Å². The van der Waals surface area contributed by atoms with E-state index in [4.69, 9.17) is 16.3 Å². The highest BCUT2D eigenvalue weighted by molar-refractivity contribution is 6.31. The van der Waals surface area contributed by atoms with Gasteiger partial charge in [-0.15, -0.1) is 0 Å². The summed E-state index contributed by atoms with van der Waals surface area (Å²) in [6, 6.07) is 4.44. The molecule has 0 aliphatic carbocycles. The lowest BCUT2D eigenvalue weighted by atomic mass is 10.2. The van der Waals surface area contributed by atoms with Crippen molar-refractivity contribution in [2.45, 2.75) is 13.0 Å². The number of benzene rings is 1. The Morgan fingerprint density at radius 3 is 2.86 bits per heavy atom. The molecule has 1 aromatic carbocycles. The van der Waals surface area contributed by atoms with Gasteiger partial charge in [-0.2, -0.15) is 0 Å². The molecule has 0 saturated carbocycles. The van der Waals surface area contributed by atoms with Crippen LogP contribution in [0.4, 0.5) is 4.39 Å². The molecular formula is C15H20ClFN2O2. The van der Waals surface area contributed by atoms with E-state index >= 15 is 0 Å². The van der Waals surface area contributed by atoms with Crippen molar-refractivity contribution in [2.75, 3.05) is 39.9 Å². The summed E-state index contributed by atoms with van der Waals surface area (Å²) in [6.07, 6.45) is 0.489. The SMILES string of the molecule is COCCN1CCN(Cc2ccc(F)cc2Cl)CCC1=O. The monoisotopic (exact) mass is 314 g/mol. The van der Waals surface area contributed by atoms with Gasteiger partial charge in [0.25, 0.3) is 0 Å². The number of carbonyl (C=O) groups is 1. The molecule has 1 saturated heterocycles. The highest BCUT2D eigenvalue weighted by Gasteiger charge is 2.21. The third-order valence-electron chi connectivity index (χ3n) is 3.66. The molecule has 2 rings (SSSR count). The second-order valence-electron chi connectivity index (χ2n) is 5.14. The van der Waals surface area contributed by atoms with Crippen LogP contribution in [0.5, 0.6) is 0 Å². The molecule has 116 valence electrons. The number of hydrogen-bond donors (Lipinski definition) is 0. The molecule has 21 heavy (non-hydrogen) atoms. The third kappa shape index (κ3) is 4.66. The number of hydrogen-bond acceptors (Lipinski definition) is 3. The Morgan fingerprint density at radius 1 is 1.33 bits per heavy atom. The van der Waals surface area contributed by atoms with Gasteiger partial charge in [0.05, 0.1) is 6.61 Å². The van der Waals surface area contributed by atoms with Crippen LogP contribution in [0.25, 0.3) is 0 Å². The Balaban J connectivity index is 1.94. The van der Waals surface area contributed by atoms with Crippen LogP contribution in [0.3, 0.4) is 0 Å². The zero-order valence-electron chi connectivity index (χ0n) is 12.1. The number of ether oxygens (including phenoxy) is 1. The number of rotatable bonds is 5. The van der Waals surface area contributed by atoms with Crippen LogP contribution in [0.15, 0.2) is 18.2 Å². The maximum atomic E-state index is 13.1. The predicted molar refractivity (Wildman–Crippen MR) is 79.8 cm³/mol. The maximum absolute atomic E-state index is 13.1. The van der Waals surface area contributed by atoms with Gasteiger partial charge in [-0.1, -0.05) is 17.7 Å². The Labute approximate surface area is 129 Å². The number of carbonyl (C=O) groups excluding carboxylic acids is 1. The molecule has 1 fully saturated rings. The summed E-state index contributed by atoms with van der Waals surface area (Å²) in [4.78, 5) is 16.0. The van der Waals surface area contributed by atoms with Gasteiger partial charge in [0.15, 0.2) is 0 Å². The molecule has 0 bridgehead atoms. The van der Waals surface area contributed by atoms with E-state index in [0.29, 0.717) is 44.2 Å². The van der Waals surface area contributed by atoms with E-state index in [1.54, 1.807) is 13.2 Å². The molecule has 0 spiro atoms. The van der Waals surface area contributed by atoms with Crippen molar-refractivity contribution in [3.63, 3.8) is 0 Å². The van der Waals surface area contributed by atoms with Crippen molar-refractivity contribution < 1.29 is 13.9 Å². The molecule has 1 aliphatic heterocycles. The van der Waals surface area contributed by atoms with E-state index in [2.05, 4.69) is 4.90 Å². The number of nitrogens with zero attached hydrogens (tertiary/aromatic N) is 2. The molecule has 0 atom stereocenters. The first kappa shape index (κ1) is 16.2. The summed E-state index contributed by atoms with van der Waals surface area (Å²) < 4.78 is 18.1. The average molecular weight is 315 g/mol. The topological polar surface area (TPSA) is 32.8 Å². The van der Waals surface area contributed by atoms with Crippen molar-refractivity contribution in [1.29, 1.82) is 0 Å². The lowest BCUT2D eigenvalue weighted by molar-refractivity contribution is -0.130. The minimum absolute atomic E-state index is 0.153. The van der Waals surface area contributed by atoms with E-state index in [0.717, 1.165) is 12.1 Å². The van der Waals surface area contributed by atoms with E-state index in [9.17, 15) is 9.18 Å². The summed E-state index contributed by atoms with van der Waals surface area (Å²) in [7, 11) is 1.63. The molecule has 1 heterocycles. The Kier molecular flexibility index (Phi) is 5.96. The number of methoxy groups -OCH3 is 1. The number of amides is 1. The number of halogens is 2. The second-order valence-corrected chi connectivity index (χ2v) is 5.54. The van der Waals surface area contributed by atoms with Crippen LogP contribution < -0.4 is 0 Å². The van der Waals surface area contributed by atoms with Crippen molar-refractivity contribution >= 4 is 17.5 Å². The molecule has 4 nitrogen and oxygen atoms in total. The summed E-state index contributed by atoms with van der Waals surface area (Å²) >= 11 is 6.05. The van der Waals surface area contributed by atoms with Gasteiger partial charge in [0, 0.05) is 51.3 Å². The minimum atomic E-state index is -0.333. The Hall–Kier alpha value is -1.17. The van der Waals surface area contributed by atoms with Crippen molar-refractivity contribution in [1.82, 2.24) is 9.80 Å². The first-order chi connectivity index (χ1) is 10.1. The van der Waals surface area contributed by atoms with Gasteiger partial charge in [-0.3, -0.25) is 9.69 Å². The zero-order valence-corrected chi connectivity index (χ0v) is 12.9. The highest BCUT2D eigenvalue weighted by Crippen LogP contribution is 2.19. The largest absolute Gasteiger partial charge is 0.383 e. The van der Waals surface area contributed by atoms with Crippen molar-refractivity contribution in [3.8, 4) is 0 Å². The van der Waals surface area contributed by atoms with Gasteiger partial charge >= 0.3 is 0 Å². The Morgan fingerprint density at radius 2 is 2.14 bits per heavy atom. The molecule has 0 radical (unpaired) electrons. The van der Waals surface area contributed by atoms with E-state index in [-0.39, 0.29) is 11.7 Å². The van der Waals surface area contributed by atoms with Crippen molar-refractivity contribution in [3.05, 3.63) is 34.6 Å². The fraction of sp³-hybridized carbons (Fsp3) is 0.533. The van der Waals surface area contributed by atoms with Crippen LogP contribution in [-0.4, -0.2) is 55.6 Å². The van der Waals surface area contributed by atoms with Gasteiger partial charge in [-0.05, 0) is 17.7 Å². The van der Waals surface area contributed by atoms with E-state index in [1.165, 1.54) is 12.1 Å².